The molecule has 0 fully saturated rings. The highest BCUT2D eigenvalue weighted by Crippen LogP contribution is 2.23. The van der Waals surface area contributed by atoms with E-state index in [0.717, 1.165) is 23.4 Å². The lowest BCUT2D eigenvalue weighted by atomic mass is 10.0. The molecule has 0 spiro atoms. The summed E-state index contributed by atoms with van der Waals surface area (Å²) in [6, 6.07) is 14.3. The molecule has 1 amide bonds. The van der Waals surface area contributed by atoms with E-state index in [2.05, 4.69) is 17.6 Å². The summed E-state index contributed by atoms with van der Waals surface area (Å²) in [5.74, 6) is -0.229. The zero-order valence-electron chi connectivity index (χ0n) is 12.9. The standard InChI is InChI=1S/C18H21FN2O/c1-3-17(13-5-7-14(19)8-6-13)20-15-9-11-16(12-10-15)21-18(22)4-2/h5-12,17,20H,3-4H2,1-2H3,(H,21,22). The van der Waals surface area contributed by atoms with Crippen molar-refractivity contribution in [3.05, 3.63) is 59.9 Å². The molecule has 0 radical (unpaired) electrons. The van der Waals surface area contributed by atoms with Crippen LogP contribution >= 0.6 is 0 Å². The Kier molecular flexibility index (Phi) is 5.53. The Morgan fingerprint density at radius 2 is 1.59 bits per heavy atom. The Balaban J connectivity index is 2.05. The average Bonchev–Trinajstić information content (AvgIpc) is 2.55. The molecular weight excluding hydrogens is 279 g/mol. The summed E-state index contributed by atoms with van der Waals surface area (Å²) in [7, 11) is 0. The van der Waals surface area contributed by atoms with E-state index < -0.39 is 0 Å². The zero-order chi connectivity index (χ0) is 15.9. The highest BCUT2D eigenvalue weighted by atomic mass is 19.1. The maximum Gasteiger partial charge on any atom is 0.224 e. The maximum atomic E-state index is 13.0. The van der Waals surface area contributed by atoms with Crippen LogP contribution in [0, 0.1) is 5.82 Å². The number of amides is 1. The lowest BCUT2D eigenvalue weighted by Crippen LogP contribution is -2.11. The fraction of sp³-hybridized carbons (Fsp3) is 0.278. The number of carbonyl (C=O) groups is 1. The topological polar surface area (TPSA) is 41.1 Å². The van der Waals surface area contributed by atoms with Crippen LogP contribution in [-0.2, 0) is 4.79 Å². The molecule has 0 saturated carbocycles. The van der Waals surface area contributed by atoms with Gasteiger partial charge in [0.05, 0.1) is 6.04 Å². The Morgan fingerprint density at radius 1 is 1.00 bits per heavy atom. The number of carbonyl (C=O) groups excluding carboxylic acids is 1. The highest BCUT2D eigenvalue weighted by molar-refractivity contribution is 5.90. The van der Waals surface area contributed by atoms with Gasteiger partial charge in [0.15, 0.2) is 0 Å². The first kappa shape index (κ1) is 16.0. The minimum Gasteiger partial charge on any atom is -0.378 e. The molecule has 2 aromatic rings. The normalized spacial score (nSPS) is 11.8. The van der Waals surface area contributed by atoms with Gasteiger partial charge in [-0.3, -0.25) is 4.79 Å². The third-order valence-corrected chi connectivity index (χ3v) is 3.51. The summed E-state index contributed by atoms with van der Waals surface area (Å²) in [6.07, 6.45) is 1.35. The molecule has 22 heavy (non-hydrogen) atoms. The number of hydrogen-bond acceptors (Lipinski definition) is 2. The summed E-state index contributed by atoms with van der Waals surface area (Å²) in [5.41, 5.74) is 2.80. The van der Waals surface area contributed by atoms with E-state index in [1.54, 1.807) is 12.1 Å². The summed E-state index contributed by atoms with van der Waals surface area (Å²) < 4.78 is 13.0. The van der Waals surface area contributed by atoms with E-state index in [9.17, 15) is 9.18 Å². The van der Waals surface area contributed by atoms with Crippen LogP contribution in [-0.4, -0.2) is 5.91 Å². The van der Waals surface area contributed by atoms with Gasteiger partial charge in [-0.1, -0.05) is 26.0 Å². The number of halogens is 1. The molecule has 3 nitrogen and oxygen atoms in total. The number of nitrogens with one attached hydrogen (secondary N) is 2. The van der Waals surface area contributed by atoms with Crippen LogP contribution in [0.15, 0.2) is 48.5 Å². The van der Waals surface area contributed by atoms with Crippen molar-refractivity contribution in [1.29, 1.82) is 0 Å². The van der Waals surface area contributed by atoms with Crippen LogP contribution in [0.1, 0.15) is 38.3 Å². The minimum atomic E-state index is -0.227. The van der Waals surface area contributed by atoms with Crippen molar-refractivity contribution in [3.63, 3.8) is 0 Å². The van der Waals surface area contributed by atoms with Gasteiger partial charge < -0.3 is 10.6 Å². The minimum absolute atomic E-state index is 0.00143. The number of benzene rings is 2. The molecule has 0 aromatic heterocycles. The van der Waals surface area contributed by atoms with E-state index in [1.165, 1.54) is 12.1 Å². The van der Waals surface area contributed by atoms with Gasteiger partial charge in [0.2, 0.25) is 5.91 Å². The predicted octanol–water partition coefficient (Wildman–Crippen LogP) is 4.74. The van der Waals surface area contributed by atoms with Crippen LogP contribution in [0.4, 0.5) is 15.8 Å². The second kappa shape index (κ2) is 7.59. The molecule has 1 unspecified atom stereocenters. The SMILES string of the molecule is CCC(=O)Nc1ccc(NC(CC)c2ccc(F)cc2)cc1. The van der Waals surface area contributed by atoms with Crippen molar-refractivity contribution in [2.24, 2.45) is 0 Å². The lowest BCUT2D eigenvalue weighted by Gasteiger charge is -2.19. The van der Waals surface area contributed by atoms with E-state index in [0.29, 0.717) is 6.42 Å². The second-order valence-electron chi connectivity index (χ2n) is 5.14. The first-order valence-electron chi connectivity index (χ1n) is 7.54. The van der Waals surface area contributed by atoms with Crippen molar-refractivity contribution in [1.82, 2.24) is 0 Å². The van der Waals surface area contributed by atoms with Gasteiger partial charge in [0.1, 0.15) is 5.82 Å². The smallest absolute Gasteiger partial charge is 0.224 e. The monoisotopic (exact) mass is 300 g/mol. The number of rotatable bonds is 6. The number of hydrogen-bond donors (Lipinski definition) is 2. The molecule has 1 atom stereocenters. The van der Waals surface area contributed by atoms with Gasteiger partial charge in [-0.15, -0.1) is 0 Å². The van der Waals surface area contributed by atoms with Gasteiger partial charge >= 0.3 is 0 Å². The molecule has 0 heterocycles. The van der Waals surface area contributed by atoms with Crippen molar-refractivity contribution in [2.45, 2.75) is 32.7 Å². The Labute approximate surface area is 130 Å². The summed E-state index contributed by atoms with van der Waals surface area (Å²) in [4.78, 5) is 11.3. The van der Waals surface area contributed by atoms with E-state index in [1.807, 2.05) is 31.2 Å². The quantitative estimate of drug-likeness (QED) is 0.809. The van der Waals surface area contributed by atoms with Crippen molar-refractivity contribution >= 4 is 17.3 Å². The summed E-state index contributed by atoms with van der Waals surface area (Å²) >= 11 is 0. The molecule has 0 aliphatic carbocycles. The van der Waals surface area contributed by atoms with Crippen molar-refractivity contribution in [2.75, 3.05) is 10.6 Å². The van der Waals surface area contributed by atoms with Gasteiger partial charge in [0, 0.05) is 17.8 Å². The second-order valence-corrected chi connectivity index (χ2v) is 5.14. The third-order valence-electron chi connectivity index (χ3n) is 3.51. The number of anilines is 2. The van der Waals surface area contributed by atoms with Crippen LogP contribution < -0.4 is 10.6 Å². The van der Waals surface area contributed by atoms with Crippen LogP contribution in [0.3, 0.4) is 0 Å². The summed E-state index contributed by atoms with van der Waals surface area (Å²) in [6.45, 7) is 3.90. The first-order valence-corrected chi connectivity index (χ1v) is 7.54. The zero-order valence-corrected chi connectivity index (χ0v) is 12.9. The van der Waals surface area contributed by atoms with Crippen LogP contribution in [0.25, 0.3) is 0 Å². The largest absolute Gasteiger partial charge is 0.378 e. The molecule has 0 bridgehead atoms. The Hall–Kier alpha value is -2.36. The molecule has 0 saturated heterocycles. The Morgan fingerprint density at radius 3 is 2.14 bits per heavy atom. The van der Waals surface area contributed by atoms with Crippen LogP contribution in [0.2, 0.25) is 0 Å². The third kappa shape index (κ3) is 4.32. The first-order chi connectivity index (χ1) is 10.6. The lowest BCUT2D eigenvalue weighted by molar-refractivity contribution is -0.115. The summed E-state index contributed by atoms with van der Waals surface area (Å²) in [5, 5.41) is 6.24. The van der Waals surface area contributed by atoms with Crippen LogP contribution in [0.5, 0.6) is 0 Å². The molecule has 2 N–H and O–H groups in total. The fourth-order valence-electron chi connectivity index (χ4n) is 2.22. The van der Waals surface area contributed by atoms with Gasteiger partial charge in [0.25, 0.3) is 0 Å². The fourth-order valence-corrected chi connectivity index (χ4v) is 2.22. The van der Waals surface area contributed by atoms with Gasteiger partial charge in [-0.25, -0.2) is 4.39 Å². The van der Waals surface area contributed by atoms with E-state index in [-0.39, 0.29) is 17.8 Å². The molecule has 0 aliphatic rings. The molecule has 0 aliphatic heterocycles. The van der Waals surface area contributed by atoms with Crippen molar-refractivity contribution in [3.8, 4) is 0 Å². The molecule has 116 valence electrons. The van der Waals surface area contributed by atoms with E-state index >= 15 is 0 Å². The van der Waals surface area contributed by atoms with E-state index in [4.69, 9.17) is 0 Å². The molecule has 2 rings (SSSR count). The Bertz CT molecular complexity index is 608. The molecule has 4 heteroatoms. The van der Waals surface area contributed by atoms with Crippen molar-refractivity contribution < 1.29 is 9.18 Å². The molecular formula is C18H21FN2O. The highest BCUT2D eigenvalue weighted by Gasteiger charge is 2.09. The van der Waals surface area contributed by atoms with Gasteiger partial charge in [-0.05, 0) is 48.4 Å². The average molecular weight is 300 g/mol. The van der Waals surface area contributed by atoms with Gasteiger partial charge in [-0.2, -0.15) is 0 Å². The predicted molar refractivity (Wildman–Crippen MR) is 88.4 cm³/mol. The maximum absolute atomic E-state index is 13.0. The molecule has 2 aromatic carbocycles.